The summed E-state index contributed by atoms with van der Waals surface area (Å²) >= 11 is 0. The first-order valence-electron chi connectivity index (χ1n) is 6.73. The van der Waals surface area contributed by atoms with Crippen molar-refractivity contribution in [2.75, 3.05) is 0 Å². The summed E-state index contributed by atoms with van der Waals surface area (Å²) < 4.78 is 0. The van der Waals surface area contributed by atoms with Crippen molar-refractivity contribution in [3.63, 3.8) is 0 Å². The van der Waals surface area contributed by atoms with E-state index in [0.29, 0.717) is 12.1 Å². The van der Waals surface area contributed by atoms with Crippen molar-refractivity contribution in [3.8, 4) is 0 Å². The fourth-order valence-electron chi connectivity index (χ4n) is 2.24. The number of rotatable bonds is 4. The van der Waals surface area contributed by atoms with Crippen LogP contribution >= 0.6 is 0 Å². The monoisotopic (exact) mass is 298 g/mol. The maximum Gasteiger partial charge on any atom is 0.269 e. The fraction of sp³-hybridized carbons (Fsp3) is 0.125. The van der Waals surface area contributed by atoms with Crippen LogP contribution in [0.15, 0.2) is 66.9 Å². The molecule has 0 saturated carbocycles. The van der Waals surface area contributed by atoms with E-state index in [0.717, 1.165) is 5.56 Å². The first-order valence-corrected chi connectivity index (χ1v) is 6.73. The first kappa shape index (κ1) is 14.2. The second kappa shape index (κ2) is 5.59. The Morgan fingerprint density at radius 2 is 1.82 bits per heavy atom. The predicted molar refractivity (Wildman–Crippen MR) is 79.2 cm³/mol. The number of nitro groups is 1. The Morgan fingerprint density at radius 3 is 2.45 bits per heavy atom. The van der Waals surface area contributed by atoms with Gasteiger partial charge in [-0.3, -0.25) is 15.2 Å². The topological polar surface area (TPSA) is 75.8 Å². The zero-order valence-corrected chi connectivity index (χ0v) is 11.6. The highest BCUT2D eigenvalue weighted by Crippen LogP contribution is 2.32. The lowest BCUT2D eigenvalue weighted by Gasteiger charge is -2.24. The minimum atomic E-state index is -1.61. The molecule has 3 rings (SSSR count). The molecule has 1 aliphatic rings. The number of hydrogen-bond donors (Lipinski definition) is 1. The lowest BCUT2D eigenvalue weighted by molar-refractivity contribution is -0.384. The fourth-order valence-corrected chi connectivity index (χ4v) is 2.24. The third-order valence-corrected chi connectivity index (χ3v) is 3.40. The minimum absolute atomic E-state index is 0.0320. The van der Waals surface area contributed by atoms with Gasteiger partial charge in [-0.1, -0.05) is 30.3 Å². The third-order valence-electron chi connectivity index (χ3n) is 3.40. The summed E-state index contributed by atoms with van der Waals surface area (Å²) in [7, 11) is 0. The van der Waals surface area contributed by atoms with Crippen molar-refractivity contribution in [2.24, 2.45) is 0 Å². The summed E-state index contributed by atoms with van der Waals surface area (Å²) in [5.74, 6) is -1.61. The number of benzene rings is 2. The smallest absolute Gasteiger partial charge is 0.269 e. The van der Waals surface area contributed by atoms with Crippen LogP contribution in [0.3, 0.4) is 0 Å². The zero-order chi connectivity index (χ0) is 15.6. The standard InChI is InChI=1S/C16H14N2O4/c19-16(14-6-8-15(9-7-14)18(20)21)10-11-17(22-16)12-13-4-2-1-3-5-13/h1-11,19H,12H2. The highest BCUT2D eigenvalue weighted by Gasteiger charge is 2.35. The van der Waals surface area contributed by atoms with Crippen LogP contribution in [0.5, 0.6) is 0 Å². The molecule has 112 valence electrons. The molecule has 2 aromatic carbocycles. The quantitative estimate of drug-likeness (QED) is 0.693. The maximum atomic E-state index is 10.7. The minimum Gasteiger partial charge on any atom is -0.357 e. The molecule has 0 bridgehead atoms. The van der Waals surface area contributed by atoms with Gasteiger partial charge in [0.1, 0.15) is 0 Å². The van der Waals surface area contributed by atoms with Crippen LogP contribution in [-0.4, -0.2) is 15.1 Å². The van der Waals surface area contributed by atoms with Gasteiger partial charge in [-0.25, -0.2) is 4.84 Å². The normalized spacial score (nSPS) is 20.3. The maximum absolute atomic E-state index is 10.7. The number of nitro benzene ring substituents is 1. The largest absolute Gasteiger partial charge is 0.357 e. The molecule has 0 saturated heterocycles. The number of non-ortho nitro benzene ring substituents is 1. The van der Waals surface area contributed by atoms with Gasteiger partial charge in [-0.15, -0.1) is 0 Å². The third kappa shape index (κ3) is 2.83. The Hall–Kier alpha value is -2.70. The summed E-state index contributed by atoms with van der Waals surface area (Å²) in [6.45, 7) is 0.493. The van der Waals surface area contributed by atoms with E-state index in [9.17, 15) is 15.2 Å². The Kier molecular flexibility index (Phi) is 3.62. The molecule has 0 spiro atoms. The second-order valence-electron chi connectivity index (χ2n) is 4.97. The SMILES string of the molecule is O=[N+]([O-])c1ccc(C2(O)C=CN(Cc3ccccc3)O2)cc1. The zero-order valence-electron chi connectivity index (χ0n) is 11.6. The molecule has 22 heavy (non-hydrogen) atoms. The van der Waals surface area contributed by atoms with Crippen LogP contribution in [0.2, 0.25) is 0 Å². The van der Waals surface area contributed by atoms with Crippen molar-refractivity contribution in [1.29, 1.82) is 0 Å². The van der Waals surface area contributed by atoms with E-state index in [1.54, 1.807) is 6.20 Å². The molecular formula is C16H14N2O4. The molecule has 6 nitrogen and oxygen atoms in total. The van der Waals surface area contributed by atoms with Crippen molar-refractivity contribution in [1.82, 2.24) is 5.06 Å². The molecule has 0 amide bonds. The molecule has 1 heterocycles. The van der Waals surface area contributed by atoms with Gasteiger partial charge in [0, 0.05) is 23.9 Å². The first-order chi connectivity index (χ1) is 10.6. The summed E-state index contributed by atoms with van der Waals surface area (Å²) in [6.07, 6.45) is 3.16. The van der Waals surface area contributed by atoms with E-state index in [1.807, 2.05) is 30.3 Å². The lowest BCUT2D eigenvalue weighted by Crippen LogP contribution is -2.28. The molecule has 0 fully saturated rings. The van der Waals surface area contributed by atoms with Crippen molar-refractivity contribution in [2.45, 2.75) is 12.3 Å². The van der Waals surface area contributed by atoms with Crippen LogP contribution in [0, 0.1) is 10.1 Å². The Bertz CT molecular complexity index is 700. The number of aliphatic hydroxyl groups is 1. The molecule has 2 aromatic rings. The summed E-state index contributed by atoms with van der Waals surface area (Å²) in [6, 6.07) is 15.3. The van der Waals surface area contributed by atoms with Gasteiger partial charge in [0.2, 0.25) is 5.79 Å². The average molecular weight is 298 g/mol. The molecule has 0 aromatic heterocycles. The second-order valence-corrected chi connectivity index (χ2v) is 4.97. The van der Waals surface area contributed by atoms with E-state index in [4.69, 9.17) is 4.84 Å². The van der Waals surface area contributed by atoms with Crippen LogP contribution in [0.1, 0.15) is 11.1 Å². The number of nitrogens with zero attached hydrogens (tertiary/aromatic N) is 2. The molecule has 1 unspecified atom stereocenters. The number of hydroxylamine groups is 2. The predicted octanol–water partition coefficient (Wildman–Crippen LogP) is 2.70. The van der Waals surface area contributed by atoms with Crippen molar-refractivity contribution < 1.29 is 14.9 Å². The van der Waals surface area contributed by atoms with Crippen LogP contribution < -0.4 is 0 Å². The molecule has 0 aliphatic carbocycles. The van der Waals surface area contributed by atoms with Gasteiger partial charge >= 0.3 is 0 Å². The van der Waals surface area contributed by atoms with Gasteiger partial charge in [-0.05, 0) is 23.8 Å². The highest BCUT2D eigenvalue weighted by atomic mass is 16.8. The van der Waals surface area contributed by atoms with E-state index >= 15 is 0 Å². The lowest BCUT2D eigenvalue weighted by atomic mass is 10.1. The van der Waals surface area contributed by atoms with Crippen LogP contribution in [0.4, 0.5) is 5.69 Å². The molecule has 1 N–H and O–H groups in total. The Morgan fingerprint density at radius 1 is 1.14 bits per heavy atom. The van der Waals surface area contributed by atoms with Crippen molar-refractivity contribution in [3.05, 3.63) is 88.1 Å². The van der Waals surface area contributed by atoms with Crippen LogP contribution in [0.25, 0.3) is 0 Å². The van der Waals surface area contributed by atoms with E-state index in [2.05, 4.69) is 0 Å². The highest BCUT2D eigenvalue weighted by molar-refractivity contribution is 5.36. The van der Waals surface area contributed by atoms with Gasteiger partial charge in [0.15, 0.2) is 0 Å². The van der Waals surface area contributed by atoms with Crippen molar-refractivity contribution >= 4 is 5.69 Å². The van der Waals surface area contributed by atoms with E-state index in [1.165, 1.54) is 35.4 Å². The van der Waals surface area contributed by atoms with Crippen LogP contribution in [-0.2, 0) is 17.2 Å². The van der Waals surface area contributed by atoms with E-state index in [-0.39, 0.29) is 5.69 Å². The Labute approximate surface area is 127 Å². The van der Waals surface area contributed by atoms with E-state index < -0.39 is 10.7 Å². The van der Waals surface area contributed by atoms with Gasteiger partial charge in [0.05, 0.1) is 11.5 Å². The Balaban J connectivity index is 1.73. The molecule has 6 heteroatoms. The van der Waals surface area contributed by atoms with Gasteiger partial charge in [-0.2, -0.15) is 0 Å². The molecular weight excluding hydrogens is 284 g/mol. The summed E-state index contributed by atoms with van der Waals surface area (Å²) in [4.78, 5) is 15.7. The number of hydrogen-bond acceptors (Lipinski definition) is 5. The summed E-state index contributed by atoms with van der Waals surface area (Å²) in [5.41, 5.74) is 1.44. The molecule has 1 atom stereocenters. The molecule has 1 aliphatic heterocycles. The average Bonchev–Trinajstić information content (AvgIpc) is 2.91. The van der Waals surface area contributed by atoms with Gasteiger partial charge in [0.25, 0.3) is 5.69 Å². The van der Waals surface area contributed by atoms with Gasteiger partial charge < -0.3 is 5.11 Å². The summed E-state index contributed by atoms with van der Waals surface area (Å²) in [5, 5.41) is 22.7. The molecule has 0 radical (unpaired) electrons.